The van der Waals surface area contributed by atoms with Crippen LogP contribution in [0.4, 0.5) is 17.1 Å². The maximum absolute atomic E-state index is 13.6. The number of para-hydroxylation sites is 2. The van der Waals surface area contributed by atoms with Gasteiger partial charge in [-0.25, -0.2) is 16.8 Å². The first kappa shape index (κ1) is 29.1. The third kappa shape index (κ3) is 6.47. The summed E-state index contributed by atoms with van der Waals surface area (Å²) < 4.78 is 56.6. The summed E-state index contributed by atoms with van der Waals surface area (Å²) >= 11 is 6.32. The lowest BCUT2D eigenvalue weighted by Gasteiger charge is -2.25. The molecule has 40 heavy (non-hydrogen) atoms. The molecular weight excluding hydrogens is 570 g/mol. The lowest BCUT2D eigenvalue weighted by atomic mass is 10.1. The number of nitrogens with one attached hydrogen (secondary N) is 2. The zero-order valence-electron chi connectivity index (χ0n) is 22.1. The van der Waals surface area contributed by atoms with E-state index < -0.39 is 32.5 Å². The van der Waals surface area contributed by atoms with Crippen LogP contribution in [0.3, 0.4) is 0 Å². The fraction of sp³-hybridized carbons (Fsp3) is 0.138. The van der Waals surface area contributed by atoms with Crippen molar-refractivity contribution in [2.24, 2.45) is 0 Å². The molecule has 0 atom stereocenters. The zero-order valence-corrected chi connectivity index (χ0v) is 24.4. The summed E-state index contributed by atoms with van der Waals surface area (Å²) in [5.74, 6) is -0.639. The van der Waals surface area contributed by atoms with Crippen LogP contribution >= 0.6 is 11.6 Å². The molecule has 0 unspecified atom stereocenters. The predicted octanol–water partition coefficient (Wildman–Crippen LogP) is 5.90. The number of amides is 1. The fourth-order valence-electron chi connectivity index (χ4n) is 4.01. The van der Waals surface area contributed by atoms with E-state index in [9.17, 15) is 21.6 Å². The lowest BCUT2D eigenvalue weighted by Crippen LogP contribution is -2.38. The molecule has 0 aliphatic rings. The van der Waals surface area contributed by atoms with E-state index in [0.29, 0.717) is 11.4 Å². The molecular formula is C29H28ClN3O5S2. The molecule has 4 aromatic rings. The number of hydrogen-bond acceptors (Lipinski definition) is 5. The van der Waals surface area contributed by atoms with Crippen molar-refractivity contribution < 1.29 is 21.6 Å². The maximum atomic E-state index is 13.6. The van der Waals surface area contributed by atoms with Crippen molar-refractivity contribution in [3.05, 3.63) is 113 Å². The molecule has 0 aliphatic carbocycles. The van der Waals surface area contributed by atoms with Crippen LogP contribution in [-0.4, -0.2) is 29.3 Å². The highest BCUT2D eigenvalue weighted by atomic mass is 35.5. The molecule has 0 aromatic heterocycles. The Bertz CT molecular complexity index is 1740. The summed E-state index contributed by atoms with van der Waals surface area (Å²) in [5, 5.41) is 2.80. The standard InChI is InChI=1S/C29H28ClN3O5S2/c1-20-11-15-25(16-12-20)40(37,38)33(27-10-5-4-9-26(27)30)19-28(34)31-23-13-17-24(18-14-23)39(35,36)32-29-21(2)7-6-8-22(29)3/h4-18,32H,19H2,1-3H3,(H,31,34). The van der Waals surface area contributed by atoms with Gasteiger partial charge in [0.2, 0.25) is 5.91 Å². The van der Waals surface area contributed by atoms with Crippen molar-refractivity contribution in [2.45, 2.75) is 30.6 Å². The van der Waals surface area contributed by atoms with Gasteiger partial charge in [0.25, 0.3) is 20.0 Å². The van der Waals surface area contributed by atoms with Crippen LogP contribution in [0.2, 0.25) is 5.02 Å². The van der Waals surface area contributed by atoms with E-state index in [2.05, 4.69) is 10.0 Å². The third-order valence-corrected chi connectivity index (χ3v) is 9.64. The molecule has 0 radical (unpaired) electrons. The Hall–Kier alpha value is -3.86. The molecule has 8 nitrogen and oxygen atoms in total. The number of hydrogen-bond donors (Lipinski definition) is 2. The number of rotatable bonds is 9. The molecule has 11 heteroatoms. The summed E-state index contributed by atoms with van der Waals surface area (Å²) in [6.45, 7) is 4.91. The van der Waals surface area contributed by atoms with Crippen LogP contribution in [-0.2, 0) is 24.8 Å². The van der Waals surface area contributed by atoms with E-state index in [-0.39, 0.29) is 20.5 Å². The zero-order chi connectivity index (χ0) is 29.1. The third-order valence-electron chi connectivity index (χ3n) is 6.18. The van der Waals surface area contributed by atoms with Crippen molar-refractivity contribution in [2.75, 3.05) is 20.9 Å². The van der Waals surface area contributed by atoms with Crippen LogP contribution in [0, 0.1) is 20.8 Å². The summed E-state index contributed by atoms with van der Waals surface area (Å²) in [4.78, 5) is 13.1. The fourth-order valence-corrected chi connectivity index (χ4v) is 6.94. The second-order valence-corrected chi connectivity index (χ2v) is 13.2. The number of halogens is 1. The van der Waals surface area contributed by atoms with E-state index in [1.165, 1.54) is 48.5 Å². The van der Waals surface area contributed by atoms with Crippen molar-refractivity contribution >= 4 is 54.6 Å². The Morgan fingerprint density at radius 2 is 1.32 bits per heavy atom. The van der Waals surface area contributed by atoms with Gasteiger partial charge in [-0.3, -0.25) is 13.8 Å². The van der Waals surface area contributed by atoms with Crippen LogP contribution in [0.5, 0.6) is 0 Å². The van der Waals surface area contributed by atoms with E-state index in [0.717, 1.165) is 21.0 Å². The van der Waals surface area contributed by atoms with Gasteiger partial charge >= 0.3 is 0 Å². The second-order valence-electron chi connectivity index (χ2n) is 9.22. The molecule has 0 saturated heterocycles. The average Bonchev–Trinajstić information content (AvgIpc) is 2.90. The lowest BCUT2D eigenvalue weighted by molar-refractivity contribution is -0.114. The minimum Gasteiger partial charge on any atom is -0.325 e. The van der Waals surface area contributed by atoms with Crippen molar-refractivity contribution in [3.63, 3.8) is 0 Å². The maximum Gasteiger partial charge on any atom is 0.264 e. The number of sulfonamides is 2. The van der Waals surface area contributed by atoms with Crippen LogP contribution in [0.15, 0.2) is 101 Å². The Morgan fingerprint density at radius 3 is 1.93 bits per heavy atom. The number of nitrogens with zero attached hydrogens (tertiary/aromatic N) is 1. The topological polar surface area (TPSA) is 113 Å². The highest BCUT2D eigenvalue weighted by Gasteiger charge is 2.29. The highest BCUT2D eigenvalue weighted by molar-refractivity contribution is 7.93. The highest BCUT2D eigenvalue weighted by Crippen LogP contribution is 2.30. The van der Waals surface area contributed by atoms with Gasteiger partial charge in [-0.15, -0.1) is 0 Å². The van der Waals surface area contributed by atoms with Gasteiger partial charge in [0.1, 0.15) is 6.54 Å². The SMILES string of the molecule is Cc1ccc(S(=O)(=O)N(CC(=O)Nc2ccc(S(=O)(=O)Nc3c(C)cccc3C)cc2)c2ccccc2Cl)cc1. The summed E-state index contributed by atoms with van der Waals surface area (Å²) in [6, 6.07) is 23.7. The Kier molecular flexibility index (Phi) is 8.53. The molecule has 0 aliphatic heterocycles. The van der Waals surface area contributed by atoms with Crippen molar-refractivity contribution in [1.82, 2.24) is 0 Å². The van der Waals surface area contributed by atoms with E-state index in [4.69, 9.17) is 11.6 Å². The summed E-state index contributed by atoms with van der Waals surface area (Å²) in [7, 11) is -8.02. The summed E-state index contributed by atoms with van der Waals surface area (Å²) in [6.07, 6.45) is 0. The quantitative estimate of drug-likeness (QED) is 0.249. The first-order valence-corrected chi connectivity index (χ1v) is 15.5. The normalized spacial score (nSPS) is 11.6. The van der Waals surface area contributed by atoms with Crippen LogP contribution < -0.4 is 14.3 Å². The largest absolute Gasteiger partial charge is 0.325 e. The summed E-state index contributed by atoms with van der Waals surface area (Å²) in [5.41, 5.74) is 3.42. The van der Waals surface area contributed by atoms with Gasteiger partial charge in [0, 0.05) is 5.69 Å². The smallest absolute Gasteiger partial charge is 0.264 e. The number of benzene rings is 4. The molecule has 2 N–H and O–H groups in total. The average molecular weight is 598 g/mol. The Labute approximate surface area is 239 Å². The molecule has 1 amide bonds. The van der Waals surface area contributed by atoms with Gasteiger partial charge in [-0.05, 0) is 80.4 Å². The van der Waals surface area contributed by atoms with Crippen molar-refractivity contribution in [1.29, 1.82) is 0 Å². The van der Waals surface area contributed by atoms with Crippen molar-refractivity contribution in [3.8, 4) is 0 Å². The van der Waals surface area contributed by atoms with Gasteiger partial charge < -0.3 is 5.32 Å². The van der Waals surface area contributed by atoms with E-state index in [1.807, 2.05) is 39.0 Å². The molecule has 0 saturated carbocycles. The molecule has 0 spiro atoms. The molecule has 0 bridgehead atoms. The molecule has 0 heterocycles. The monoisotopic (exact) mass is 597 g/mol. The predicted molar refractivity (Wildman–Crippen MR) is 159 cm³/mol. The number of carbonyl (C=O) groups excluding carboxylic acids is 1. The minimum absolute atomic E-state index is 0.00722. The van der Waals surface area contributed by atoms with E-state index >= 15 is 0 Å². The van der Waals surface area contributed by atoms with Gasteiger partial charge in [-0.2, -0.15) is 0 Å². The van der Waals surface area contributed by atoms with Gasteiger partial charge in [0.15, 0.2) is 0 Å². The number of carbonyl (C=O) groups is 1. The first-order valence-electron chi connectivity index (χ1n) is 12.2. The van der Waals surface area contributed by atoms with Gasteiger partial charge in [-0.1, -0.05) is 59.6 Å². The molecule has 0 fully saturated rings. The van der Waals surface area contributed by atoms with Gasteiger partial charge in [0.05, 0.1) is 26.2 Å². The minimum atomic E-state index is -4.14. The second kappa shape index (κ2) is 11.7. The number of anilines is 3. The Balaban J connectivity index is 1.55. The first-order chi connectivity index (χ1) is 18.9. The van der Waals surface area contributed by atoms with E-state index in [1.54, 1.807) is 24.3 Å². The Morgan fingerprint density at radius 1 is 0.750 bits per heavy atom. The van der Waals surface area contributed by atoms with Crippen LogP contribution in [0.25, 0.3) is 0 Å². The molecule has 4 rings (SSSR count). The molecule has 4 aromatic carbocycles. The molecule has 208 valence electrons. The number of aryl methyl sites for hydroxylation is 3. The van der Waals surface area contributed by atoms with Crippen LogP contribution in [0.1, 0.15) is 16.7 Å².